The van der Waals surface area contributed by atoms with Gasteiger partial charge >= 0.3 is 0 Å². The molecule has 2 aromatic carbocycles. The summed E-state index contributed by atoms with van der Waals surface area (Å²) in [5, 5.41) is 12.3. The van der Waals surface area contributed by atoms with Gasteiger partial charge in [0, 0.05) is 11.6 Å². The summed E-state index contributed by atoms with van der Waals surface area (Å²) >= 11 is 7.54. The van der Waals surface area contributed by atoms with Crippen molar-refractivity contribution in [3.8, 4) is 5.69 Å². The molecule has 5 nitrogen and oxygen atoms in total. The van der Waals surface area contributed by atoms with Crippen molar-refractivity contribution in [1.29, 1.82) is 0 Å². The van der Waals surface area contributed by atoms with Crippen LogP contribution in [0, 0.1) is 13.8 Å². The van der Waals surface area contributed by atoms with Crippen molar-refractivity contribution >= 4 is 29.3 Å². The normalized spacial score (nSPS) is 10.7. The van der Waals surface area contributed by atoms with Gasteiger partial charge in [-0.1, -0.05) is 53.7 Å². The highest BCUT2D eigenvalue weighted by Gasteiger charge is 2.11. The zero-order valence-corrected chi connectivity index (χ0v) is 16.1. The maximum absolute atomic E-state index is 12.2. The van der Waals surface area contributed by atoms with Crippen molar-refractivity contribution in [2.45, 2.75) is 25.5 Å². The number of hydrogen-bond donors (Lipinski definition) is 1. The zero-order valence-electron chi connectivity index (χ0n) is 14.6. The summed E-state index contributed by atoms with van der Waals surface area (Å²) in [5.74, 6) is 0.221. The Morgan fingerprint density at radius 1 is 1.19 bits per heavy atom. The number of nitrogens with one attached hydrogen (secondary N) is 1. The third-order valence-corrected chi connectivity index (χ3v) is 5.37. The lowest BCUT2D eigenvalue weighted by Crippen LogP contribution is -2.25. The highest BCUT2D eigenvalue weighted by molar-refractivity contribution is 7.99. The molecule has 0 aliphatic carbocycles. The van der Waals surface area contributed by atoms with E-state index in [0.29, 0.717) is 16.7 Å². The molecular formula is C19H19ClN4OS. The second-order valence-corrected chi connectivity index (χ2v) is 7.26. The number of benzene rings is 2. The topological polar surface area (TPSA) is 59.8 Å². The molecule has 3 rings (SSSR count). The highest BCUT2D eigenvalue weighted by Crippen LogP contribution is 2.23. The molecule has 0 aliphatic heterocycles. The van der Waals surface area contributed by atoms with Crippen LogP contribution in [0.2, 0.25) is 5.02 Å². The van der Waals surface area contributed by atoms with E-state index in [1.54, 1.807) is 6.33 Å². The maximum atomic E-state index is 12.2. The third-order valence-electron chi connectivity index (χ3n) is 4.02. The molecule has 0 radical (unpaired) electrons. The van der Waals surface area contributed by atoms with Gasteiger partial charge in [0.25, 0.3) is 0 Å². The highest BCUT2D eigenvalue weighted by atomic mass is 35.5. The fraction of sp³-hybridized carbons (Fsp3) is 0.211. The van der Waals surface area contributed by atoms with Crippen molar-refractivity contribution in [3.63, 3.8) is 0 Å². The van der Waals surface area contributed by atoms with E-state index in [4.69, 9.17) is 11.6 Å². The Labute approximate surface area is 161 Å². The first kappa shape index (κ1) is 18.5. The maximum Gasteiger partial charge on any atom is 0.230 e. The fourth-order valence-electron chi connectivity index (χ4n) is 2.41. The van der Waals surface area contributed by atoms with Crippen molar-refractivity contribution < 1.29 is 4.79 Å². The second kappa shape index (κ2) is 8.38. The van der Waals surface area contributed by atoms with Crippen molar-refractivity contribution in [2.24, 2.45) is 0 Å². The molecular weight excluding hydrogens is 368 g/mol. The van der Waals surface area contributed by atoms with Crippen LogP contribution >= 0.6 is 23.4 Å². The van der Waals surface area contributed by atoms with Crippen molar-refractivity contribution in [2.75, 3.05) is 5.75 Å². The molecule has 1 aromatic heterocycles. The molecule has 0 saturated carbocycles. The summed E-state index contributed by atoms with van der Waals surface area (Å²) in [6.07, 6.45) is 1.62. The quantitative estimate of drug-likeness (QED) is 0.652. The van der Waals surface area contributed by atoms with E-state index < -0.39 is 0 Å². The van der Waals surface area contributed by atoms with E-state index in [9.17, 15) is 4.79 Å². The lowest BCUT2D eigenvalue weighted by Gasteiger charge is -2.09. The molecule has 7 heteroatoms. The van der Waals surface area contributed by atoms with E-state index >= 15 is 0 Å². The number of thioether (sulfide) groups is 1. The van der Waals surface area contributed by atoms with E-state index in [0.717, 1.165) is 22.4 Å². The van der Waals surface area contributed by atoms with Gasteiger partial charge in [-0.2, -0.15) is 0 Å². The Bertz CT molecular complexity index is 925. The van der Waals surface area contributed by atoms with Crippen molar-refractivity contribution in [3.05, 3.63) is 70.5 Å². The third kappa shape index (κ3) is 4.45. The molecule has 134 valence electrons. The lowest BCUT2D eigenvalue weighted by atomic mass is 10.1. The molecule has 0 saturated heterocycles. The standard InChI is InChI=1S/C19H19ClN4OS/c1-13-5-3-4-6-15(13)10-21-18(25)11-26-19-23-22-12-24(19)16-8-7-14(2)17(20)9-16/h3-9,12H,10-11H2,1-2H3,(H,21,25). The Kier molecular flexibility index (Phi) is 5.96. The van der Waals surface area contributed by atoms with Gasteiger partial charge in [0.1, 0.15) is 6.33 Å². The molecule has 1 heterocycles. The lowest BCUT2D eigenvalue weighted by molar-refractivity contribution is -0.118. The van der Waals surface area contributed by atoms with Crippen LogP contribution in [0.15, 0.2) is 53.9 Å². The molecule has 0 bridgehead atoms. The molecule has 3 aromatic rings. The van der Waals surface area contributed by atoms with Crippen molar-refractivity contribution in [1.82, 2.24) is 20.1 Å². The molecule has 26 heavy (non-hydrogen) atoms. The summed E-state index contributed by atoms with van der Waals surface area (Å²) in [6, 6.07) is 13.8. The first-order chi connectivity index (χ1) is 12.5. The van der Waals surface area contributed by atoms with Gasteiger partial charge in [0.05, 0.1) is 11.4 Å². The van der Waals surface area contributed by atoms with Gasteiger partial charge in [-0.05, 0) is 42.7 Å². The molecule has 0 fully saturated rings. The number of aryl methyl sites for hydroxylation is 2. The van der Waals surface area contributed by atoms with Crippen LogP contribution in [-0.2, 0) is 11.3 Å². The number of carbonyl (C=O) groups is 1. The number of aromatic nitrogens is 3. The smallest absolute Gasteiger partial charge is 0.230 e. The predicted molar refractivity (Wildman–Crippen MR) is 105 cm³/mol. The van der Waals surface area contributed by atoms with Gasteiger partial charge in [0.2, 0.25) is 5.91 Å². The average Bonchev–Trinajstić information content (AvgIpc) is 3.10. The summed E-state index contributed by atoms with van der Waals surface area (Å²) in [7, 11) is 0. The van der Waals surface area contributed by atoms with Crippen LogP contribution in [0.5, 0.6) is 0 Å². The molecule has 0 atom stereocenters. The summed E-state index contributed by atoms with van der Waals surface area (Å²) in [6.45, 7) is 4.50. The minimum atomic E-state index is -0.0465. The summed E-state index contributed by atoms with van der Waals surface area (Å²) < 4.78 is 1.82. The number of nitrogens with zero attached hydrogens (tertiary/aromatic N) is 3. The zero-order chi connectivity index (χ0) is 18.5. The number of halogens is 1. The Hall–Kier alpha value is -2.31. The Morgan fingerprint density at radius 3 is 2.77 bits per heavy atom. The summed E-state index contributed by atoms with van der Waals surface area (Å²) in [4.78, 5) is 12.2. The van der Waals surface area contributed by atoms with Gasteiger partial charge in [-0.15, -0.1) is 10.2 Å². The summed E-state index contributed by atoms with van der Waals surface area (Å²) in [5.41, 5.74) is 4.15. The minimum absolute atomic E-state index is 0.0465. The number of amides is 1. The molecule has 0 spiro atoms. The number of carbonyl (C=O) groups excluding carboxylic acids is 1. The number of rotatable bonds is 6. The minimum Gasteiger partial charge on any atom is -0.351 e. The number of hydrogen-bond acceptors (Lipinski definition) is 4. The molecule has 0 unspecified atom stereocenters. The van der Waals surface area contributed by atoms with Crippen LogP contribution < -0.4 is 5.32 Å². The van der Waals surface area contributed by atoms with Crippen LogP contribution in [0.1, 0.15) is 16.7 Å². The molecule has 1 amide bonds. The first-order valence-electron chi connectivity index (χ1n) is 8.15. The first-order valence-corrected chi connectivity index (χ1v) is 9.51. The van der Waals surface area contributed by atoms with E-state index in [1.165, 1.54) is 11.8 Å². The monoisotopic (exact) mass is 386 g/mol. The van der Waals surface area contributed by atoms with Crippen LogP contribution in [0.25, 0.3) is 5.69 Å². The van der Waals surface area contributed by atoms with Crippen LogP contribution in [0.4, 0.5) is 0 Å². The van der Waals surface area contributed by atoms with Crippen LogP contribution in [0.3, 0.4) is 0 Å². The van der Waals surface area contributed by atoms with E-state index in [-0.39, 0.29) is 11.7 Å². The van der Waals surface area contributed by atoms with Gasteiger partial charge in [-0.25, -0.2) is 0 Å². The van der Waals surface area contributed by atoms with E-state index in [2.05, 4.69) is 15.5 Å². The fourth-order valence-corrected chi connectivity index (χ4v) is 3.35. The van der Waals surface area contributed by atoms with Gasteiger partial charge in [-0.3, -0.25) is 9.36 Å². The van der Waals surface area contributed by atoms with Gasteiger partial charge in [0.15, 0.2) is 5.16 Å². The largest absolute Gasteiger partial charge is 0.351 e. The second-order valence-electron chi connectivity index (χ2n) is 5.91. The van der Waals surface area contributed by atoms with Crippen LogP contribution in [-0.4, -0.2) is 26.4 Å². The Morgan fingerprint density at radius 2 is 2.00 bits per heavy atom. The average molecular weight is 387 g/mol. The van der Waals surface area contributed by atoms with Gasteiger partial charge < -0.3 is 5.32 Å². The Balaban J connectivity index is 1.60. The molecule has 0 aliphatic rings. The van der Waals surface area contributed by atoms with E-state index in [1.807, 2.05) is 60.9 Å². The predicted octanol–water partition coefficient (Wildman–Crippen LogP) is 3.95. The SMILES string of the molecule is Cc1ccc(-n2cnnc2SCC(=O)NCc2ccccc2C)cc1Cl. The molecule has 1 N–H and O–H groups in total.